The summed E-state index contributed by atoms with van der Waals surface area (Å²) in [4.78, 5) is 17.6. The molecule has 1 unspecified atom stereocenters. The fourth-order valence-corrected chi connectivity index (χ4v) is 6.48. The minimum absolute atomic E-state index is 0.114. The highest BCUT2D eigenvalue weighted by Gasteiger charge is 2.31. The standard InChI is InChI=1S/C21H24N2OS2/c1-22-11-12-23(19(15-22)16-5-3-2-4-6-16)20(24)17-7-9-18(10-8-17)21-25-13-14-26-21/h2-10,19,21H,11-15H2,1H3. The Morgan fingerprint density at radius 3 is 2.31 bits per heavy atom. The number of nitrogens with zero attached hydrogens (tertiary/aromatic N) is 2. The molecule has 0 radical (unpaired) electrons. The molecule has 1 amide bonds. The molecule has 0 saturated carbocycles. The van der Waals surface area contributed by atoms with Gasteiger partial charge in [-0.05, 0) is 30.3 Å². The average Bonchev–Trinajstić information content (AvgIpc) is 3.23. The summed E-state index contributed by atoms with van der Waals surface area (Å²) >= 11 is 4.00. The van der Waals surface area contributed by atoms with Crippen molar-refractivity contribution < 1.29 is 4.79 Å². The van der Waals surface area contributed by atoms with E-state index in [0.717, 1.165) is 25.2 Å². The molecule has 3 nitrogen and oxygen atoms in total. The van der Waals surface area contributed by atoms with E-state index in [2.05, 4.69) is 48.3 Å². The van der Waals surface area contributed by atoms with Gasteiger partial charge >= 0.3 is 0 Å². The summed E-state index contributed by atoms with van der Waals surface area (Å²) in [5.74, 6) is 2.58. The summed E-state index contributed by atoms with van der Waals surface area (Å²) in [6, 6.07) is 18.8. The SMILES string of the molecule is CN1CCN(C(=O)c2ccc(C3SCCS3)cc2)C(c2ccccc2)C1. The first-order chi connectivity index (χ1) is 12.7. The number of thioether (sulfide) groups is 2. The summed E-state index contributed by atoms with van der Waals surface area (Å²) < 4.78 is 0.528. The lowest BCUT2D eigenvalue weighted by Gasteiger charge is -2.40. The number of hydrogen-bond donors (Lipinski definition) is 0. The summed E-state index contributed by atoms with van der Waals surface area (Å²) in [5.41, 5.74) is 3.34. The van der Waals surface area contributed by atoms with Crippen molar-refractivity contribution in [2.45, 2.75) is 10.6 Å². The van der Waals surface area contributed by atoms with Crippen LogP contribution in [0.15, 0.2) is 54.6 Å². The van der Waals surface area contributed by atoms with E-state index in [1.165, 1.54) is 22.6 Å². The summed E-state index contributed by atoms with van der Waals surface area (Å²) in [5, 5.41) is 0. The zero-order valence-electron chi connectivity index (χ0n) is 15.0. The first-order valence-corrected chi connectivity index (χ1v) is 11.2. The van der Waals surface area contributed by atoms with E-state index in [-0.39, 0.29) is 11.9 Å². The van der Waals surface area contributed by atoms with Crippen molar-refractivity contribution in [2.24, 2.45) is 0 Å². The normalized spacial score (nSPS) is 21.9. The monoisotopic (exact) mass is 384 g/mol. The fraction of sp³-hybridized carbons (Fsp3) is 0.381. The Kier molecular flexibility index (Phi) is 5.57. The predicted octanol–water partition coefficient (Wildman–Crippen LogP) is 4.29. The molecule has 0 spiro atoms. The molecule has 0 bridgehead atoms. The third kappa shape index (κ3) is 3.80. The smallest absolute Gasteiger partial charge is 0.254 e. The van der Waals surface area contributed by atoms with E-state index >= 15 is 0 Å². The molecule has 0 aromatic heterocycles. The van der Waals surface area contributed by atoms with Crippen LogP contribution in [-0.2, 0) is 0 Å². The second kappa shape index (κ2) is 8.07. The first-order valence-electron chi connectivity index (χ1n) is 9.10. The van der Waals surface area contributed by atoms with Crippen LogP contribution in [0.4, 0.5) is 0 Å². The molecular weight excluding hydrogens is 360 g/mol. The van der Waals surface area contributed by atoms with Gasteiger partial charge in [-0.25, -0.2) is 0 Å². The van der Waals surface area contributed by atoms with Crippen molar-refractivity contribution in [3.8, 4) is 0 Å². The molecule has 5 heteroatoms. The highest BCUT2D eigenvalue weighted by molar-refractivity contribution is 8.19. The van der Waals surface area contributed by atoms with E-state index in [4.69, 9.17) is 0 Å². The molecule has 1 atom stereocenters. The van der Waals surface area contributed by atoms with Gasteiger partial charge in [-0.2, -0.15) is 0 Å². The number of rotatable bonds is 3. The first kappa shape index (κ1) is 18.0. The highest BCUT2D eigenvalue weighted by Crippen LogP contribution is 2.45. The number of benzene rings is 2. The van der Waals surface area contributed by atoms with E-state index in [1.807, 2.05) is 46.6 Å². The average molecular weight is 385 g/mol. The number of likely N-dealkylation sites (N-methyl/N-ethyl adjacent to an activating group) is 1. The van der Waals surface area contributed by atoms with Crippen molar-refractivity contribution in [1.29, 1.82) is 0 Å². The van der Waals surface area contributed by atoms with Crippen LogP contribution in [0.25, 0.3) is 0 Å². The maximum atomic E-state index is 13.2. The van der Waals surface area contributed by atoms with Crippen LogP contribution in [0.1, 0.15) is 32.1 Å². The van der Waals surface area contributed by atoms with Gasteiger partial charge in [0.1, 0.15) is 0 Å². The third-order valence-corrected chi connectivity index (χ3v) is 8.18. The number of carbonyl (C=O) groups is 1. The van der Waals surface area contributed by atoms with Gasteiger partial charge in [0, 0.05) is 36.7 Å². The van der Waals surface area contributed by atoms with Crippen molar-refractivity contribution in [3.05, 3.63) is 71.3 Å². The molecule has 0 N–H and O–H groups in total. The quantitative estimate of drug-likeness (QED) is 0.787. The van der Waals surface area contributed by atoms with Crippen LogP contribution >= 0.6 is 23.5 Å². The van der Waals surface area contributed by atoms with Crippen LogP contribution in [-0.4, -0.2) is 53.9 Å². The number of piperazine rings is 1. The highest BCUT2D eigenvalue weighted by atomic mass is 32.2. The van der Waals surface area contributed by atoms with Crippen LogP contribution in [0.2, 0.25) is 0 Å². The predicted molar refractivity (Wildman–Crippen MR) is 112 cm³/mol. The molecule has 26 heavy (non-hydrogen) atoms. The van der Waals surface area contributed by atoms with Gasteiger partial charge in [0.25, 0.3) is 5.91 Å². The third-order valence-electron chi connectivity index (χ3n) is 5.08. The zero-order valence-corrected chi connectivity index (χ0v) is 16.6. The van der Waals surface area contributed by atoms with Crippen molar-refractivity contribution >= 4 is 29.4 Å². The summed E-state index contributed by atoms with van der Waals surface area (Å²) in [7, 11) is 2.13. The van der Waals surface area contributed by atoms with Crippen molar-refractivity contribution in [2.75, 3.05) is 38.2 Å². The van der Waals surface area contributed by atoms with Crippen LogP contribution < -0.4 is 0 Å². The summed E-state index contributed by atoms with van der Waals surface area (Å²) in [6.45, 7) is 2.57. The maximum Gasteiger partial charge on any atom is 0.254 e. The molecule has 136 valence electrons. The lowest BCUT2D eigenvalue weighted by atomic mass is 10.0. The second-order valence-electron chi connectivity index (χ2n) is 6.88. The van der Waals surface area contributed by atoms with E-state index < -0.39 is 0 Å². The maximum absolute atomic E-state index is 13.2. The second-order valence-corrected chi connectivity index (χ2v) is 9.61. The Bertz CT molecular complexity index is 744. The number of amides is 1. The van der Waals surface area contributed by atoms with E-state index in [0.29, 0.717) is 4.58 Å². The molecule has 2 aromatic rings. The minimum atomic E-state index is 0.114. The van der Waals surface area contributed by atoms with Gasteiger partial charge < -0.3 is 9.80 Å². The number of hydrogen-bond acceptors (Lipinski definition) is 4. The van der Waals surface area contributed by atoms with Crippen LogP contribution in [0.5, 0.6) is 0 Å². The summed E-state index contributed by atoms with van der Waals surface area (Å²) in [6.07, 6.45) is 0. The lowest BCUT2D eigenvalue weighted by molar-refractivity contribution is 0.0498. The van der Waals surface area contributed by atoms with Gasteiger partial charge in [0.2, 0.25) is 0 Å². The lowest BCUT2D eigenvalue weighted by Crippen LogP contribution is -2.49. The molecule has 2 fully saturated rings. The Morgan fingerprint density at radius 2 is 1.62 bits per heavy atom. The minimum Gasteiger partial charge on any atom is -0.329 e. The van der Waals surface area contributed by atoms with Gasteiger partial charge in [-0.3, -0.25) is 4.79 Å². The molecule has 2 aromatic carbocycles. The van der Waals surface area contributed by atoms with Gasteiger partial charge in [0.05, 0.1) is 10.6 Å². The Hall–Kier alpha value is -1.43. The molecule has 0 aliphatic carbocycles. The van der Waals surface area contributed by atoms with Gasteiger partial charge in [0.15, 0.2) is 0 Å². The molecule has 2 saturated heterocycles. The number of carbonyl (C=O) groups excluding carboxylic acids is 1. The van der Waals surface area contributed by atoms with Crippen LogP contribution in [0, 0.1) is 0 Å². The van der Waals surface area contributed by atoms with Crippen molar-refractivity contribution in [3.63, 3.8) is 0 Å². The molecule has 4 rings (SSSR count). The Balaban J connectivity index is 1.55. The largest absolute Gasteiger partial charge is 0.329 e. The van der Waals surface area contributed by atoms with Crippen molar-refractivity contribution in [1.82, 2.24) is 9.80 Å². The van der Waals surface area contributed by atoms with Crippen LogP contribution in [0.3, 0.4) is 0 Å². The Labute approximate surface area is 164 Å². The molecule has 2 heterocycles. The van der Waals surface area contributed by atoms with Gasteiger partial charge in [-0.15, -0.1) is 23.5 Å². The van der Waals surface area contributed by atoms with E-state index in [9.17, 15) is 4.79 Å². The molecule has 2 aliphatic heterocycles. The van der Waals surface area contributed by atoms with E-state index in [1.54, 1.807) is 0 Å². The van der Waals surface area contributed by atoms with Gasteiger partial charge in [-0.1, -0.05) is 42.5 Å². The zero-order chi connectivity index (χ0) is 17.9. The fourth-order valence-electron chi connectivity index (χ4n) is 3.62. The molecular formula is C21H24N2OS2. The Morgan fingerprint density at radius 1 is 0.923 bits per heavy atom. The molecule has 2 aliphatic rings. The topological polar surface area (TPSA) is 23.6 Å².